The number of sulfonamides is 1. The first-order chi connectivity index (χ1) is 15.1. The van der Waals surface area contributed by atoms with Gasteiger partial charge >= 0.3 is 0 Å². The highest BCUT2D eigenvalue weighted by Crippen LogP contribution is 2.28. The van der Waals surface area contributed by atoms with Gasteiger partial charge in [0.1, 0.15) is 5.75 Å². The van der Waals surface area contributed by atoms with E-state index < -0.39 is 10.0 Å². The quantitative estimate of drug-likeness (QED) is 0.468. The zero-order chi connectivity index (χ0) is 23.8. The molecule has 0 atom stereocenters. The SMILES string of the molecule is C=CCN(CC=C)S(=O)(=O)c1ccc(NC(=O)COc2ccc(C(C)(C)CC)cc2)cc1. The van der Waals surface area contributed by atoms with Crippen LogP contribution in [0.2, 0.25) is 0 Å². The Morgan fingerprint density at radius 3 is 2.09 bits per heavy atom. The summed E-state index contributed by atoms with van der Waals surface area (Å²) in [6.07, 6.45) is 4.07. The Hall–Kier alpha value is -2.90. The van der Waals surface area contributed by atoms with Crippen molar-refractivity contribution in [3.05, 3.63) is 79.4 Å². The first-order valence-electron chi connectivity index (χ1n) is 10.5. The fourth-order valence-electron chi connectivity index (χ4n) is 2.97. The lowest BCUT2D eigenvalue weighted by atomic mass is 9.82. The van der Waals surface area contributed by atoms with Crippen LogP contribution in [0.3, 0.4) is 0 Å². The van der Waals surface area contributed by atoms with E-state index in [2.05, 4.69) is 39.2 Å². The Morgan fingerprint density at radius 2 is 1.59 bits per heavy atom. The molecule has 0 saturated carbocycles. The number of hydrogen-bond donors (Lipinski definition) is 1. The molecule has 0 aromatic heterocycles. The van der Waals surface area contributed by atoms with Crippen LogP contribution in [0.15, 0.2) is 78.7 Å². The number of nitrogens with zero attached hydrogens (tertiary/aromatic N) is 1. The van der Waals surface area contributed by atoms with Gasteiger partial charge in [0, 0.05) is 18.8 Å². The summed E-state index contributed by atoms with van der Waals surface area (Å²) in [5.41, 5.74) is 1.78. The third-order valence-corrected chi connectivity index (χ3v) is 7.18. The summed E-state index contributed by atoms with van der Waals surface area (Å²) in [5.74, 6) is 0.278. The van der Waals surface area contributed by atoms with Gasteiger partial charge in [0.05, 0.1) is 4.90 Å². The number of ether oxygens (including phenoxy) is 1. The molecule has 0 aliphatic heterocycles. The molecule has 0 fully saturated rings. The van der Waals surface area contributed by atoms with Gasteiger partial charge in [-0.25, -0.2) is 8.42 Å². The van der Waals surface area contributed by atoms with Crippen molar-refractivity contribution in [3.8, 4) is 5.75 Å². The maximum atomic E-state index is 12.7. The summed E-state index contributed by atoms with van der Waals surface area (Å²) < 4.78 is 32.3. The molecule has 2 rings (SSSR count). The van der Waals surface area contributed by atoms with E-state index in [0.717, 1.165) is 6.42 Å². The van der Waals surface area contributed by atoms with Crippen LogP contribution in [-0.4, -0.2) is 38.3 Å². The molecule has 1 amide bonds. The molecule has 0 radical (unpaired) electrons. The molecule has 32 heavy (non-hydrogen) atoms. The minimum Gasteiger partial charge on any atom is -0.484 e. The number of nitrogens with one attached hydrogen (secondary N) is 1. The molecule has 1 N–H and O–H groups in total. The molecule has 0 aliphatic carbocycles. The van der Waals surface area contributed by atoms with Crippen molar-refractivity contribution < 1.29 is 17.9 Å². The number of hydrogen-bond acceptors (Lipinski definition) is 4. The molecule has 0 spiro atoms. The Labute approximate surface area is 191 Å². The number of rotatable bonds is 12. The number of carbonyl (C=O) groups excluding carboxylic acids is 1. The minimum atomic E-state index is -3.68. The summed E-state index contributed by atoms with van der Waals surface area (Å²) in [5, 5.41) is 2.71. The maximum absolute atomic E-state index is 12.7. The van der Waals surface area contributed by atoms with Crippen LogP contribution in [0.25, 0.3) is 0 Å². The van der Waals surface area contributed by atoms with Gasteiger partial charge in [-0.1, -0.05) is 45.1 Å². The second-order valence-electron chi connectivity index (χ2n) is 8.02. The minimum absolute atomic E-state index is 0.0872. The number of anilines is 1. The molecule has 0 bridgehead atoms. The normalized spacial score (nSPS) is 11.8. The van der Waals surface area contributed by atoms with E-state index in [1.807, 2.05) is 24.3 Å². The Morgan fingerprint density at radius 1 is 1.03 bits per heavy atom. The molecular formula is C25H32N2O4S. The van der Waals surface area contributed by atoms with Crippen LogP contribution in [0.5, 0.6) is 5.75 Å². The van der Waals surface area contributed by atoms with Gasteiger partial charge < -0.3 is 10.1 Å². The van der Waals surface area contributed by atoms with Crippen molar-refractivity contribution in [2.45, 2.75) is 37.5 Å². The zero-order valence-electron chi connectivity index (χ0n) is 19.0. The van der Waals surface area contributed by atoms with Gasteiger partial charge in [-0.3, -0.25) is 4.79 Å². The molecule has 0 saturated heterocycles. The van der Waals surface area contributed by atoms with Gasteiger partial charge in [-0.05, 0) is 53.8 Å². The van der Waals surface area contributed by atoms with E-state index in [4.69, 9.17) is 4.74 Å². The maximum Gasteiger partial charge on any atom is 0.262 e. The van der Waals surface area contributed by atoms with Crippen LogP contribution in [0.4, 0.5) is 5.69 Å². The lowest BCUT2D eigenvalue weighted by Gasteiger charge is -2.23. The topological polar surface area (TPSA) is 75.7 Å². The smallest absolute Gasteiger partial charge is 0.262 e. The fourth-order valence-corrected chi connectivity index (χ4v) is 4.35. The van der Waals surface area contributed by atoms with Crippen molar-refractivity contribution >= 4 is 21.6 Å². The molecule has 7 heteroatoms. The van der Waals surface area contributed by atoms with E-state index in [1.54, 1.807) is 12.1 Å². The largest absolute Gasteiger partial charge is 0.484 e. The number of benzene rings is 2. The van der Waals surface area contributed by atoms with E-state index in [1.165, 1.54) is 34.2 Å². The Kier molecular flexibility index (Phi) is 8.80. The lowest BCUT2D eigenvalue weighted by molar-refractivity contribution is -0.118. The van der Waals surface area contributed by atoms with Crippen LogP contribution in [0, 0.1) is 0 Å². The monoisotopic (exact) mass is 456 g/mol. The second kappa shape index (κ2) is 11.1. The molecule has 172 valence electrons. The summed E-state index contributed by atoms with van der Waals surface area (Å²) >= 11 is 0. The summed E-state index contributed by atoms with van der Waals surface area (Å²) in [6, 6.07) is 13.8. The average Bonchev–Trinajstić information content (AvgIpc) is 2.78. The van der Waals surface area contributed by atoms with Crippen molar-refractivity contribution in [2.24, 2.45) is 0 Å². The van der Waals surface area contributed by atoms with Crippen molar-refractivity contribution in [2.75, 3.05) is 25.0 Å². The molecule has 2 aromatic carbocycles. The van der Waals surface area contributed by atoms with Gasteiger partial charge in [-0.15, -0.1) is 13.2 Å². The lowest BCUT2D eigenvalue weighted by Crippen LogP contribution is -2.31. The summed E-state index contributed by atoms with van der Waals surface area (Å²) in [6.45, 7) is 13.9. The molecule has 0 heterocycles. The molecular weight excluding hydrogens is 424 g/mol. The van der Waals surface area contributed by atoms with Gasteiger partial charge in [0.2, 0.25) is 10.0 Å². The van der Waals surface area contributed by atoms with Gasteiger partial charge in [0.25, 0.3) is 5.91 Å². The van der Waals surface area contributed by atoms with Crippen LogP contribution < -0.4 is 10.1 Å². The van der Waals surface area contributed by atoms with E-state index in [0.29, 0.717) is 11.4 Å². The predicted molar refractivity (Wildman–Crippen MR) is 129 cm³/mol. The van der Waals surface area contributed by atoms with Crippen LogP contribution in [0.1, 0.15) is 32.8 Å². The molecule has 0 unspecified atom stereocenters. The van der Waals surface area contributed by atoms with Crippen LogP contribution in [-0.2, 0) is 20.2 Å². The first-order valence-corrected chi connectivity index (χ1v) is 11.9. The van der Waals surface area contributed by atoms with E-state index in [9.17, 15) is 13.2 Å². The second-order valence-corrected chi connectivity index (χ2v) is 9.96. The van der Waals surface area contributed by atoms with Gasteiger partial charge in [0.15, 0.2) is 6.61 Å². The predicted octanol–water partition coefficient (Wildman–Crippen LogP) is 4.75. The third-order valence-electron chi connectivity index (χ3n) is 5.33. The highest BCUT2D eigenvalue weighted by Gasteiger charge is 2.22. The highest BCUT2D eigenvalue weighted by atomic mass is 32.2. The van der Waals surface area contributed by atoms with Gasteiger partial charge in [-0.2, -0.15) is 4.31 Å². The third kappa shape index (κ3) is 6.55. The fraction of sp³-hybridized carbons (Fsp3) is 0.320. The van der Waals surface area contributed by atoms with Crippen molar-refractivity contribution in [1.29, 1.82) is 0 Å². The molecule has 0 aliphatic rings. The Balaban J connectivity index is 1.96. The zero-order valence-corrected chi connectivity index (χ0v) is 19.8. The van der Waals surface area contributed by atoms with E-state index >= 15 is 0 Å². The van der Waals surface area contributed by atoms with Crippen LogP contribution >= 0.6 is 0 Å². The van der Waals surface area contributed by atoms with E-state index in [-0.39, 0.29) is 35.9 Å². The first kappa shape index (κ1) is 25.4. The number of amides is 1. The number of carbonyl (C=O) groups is 1. The summed E-state index contributed by atoms with van der Waals surface area (Å²) in [7, 11) is -3.68. The van der Waals surface area contributed by atoms with Crippen molar-refractivity contribution in [1.82, 2.24) is 4.31 Å². The average molecular weight is 457 g/mol. The summed E-state index contributed by atoms with van der Waals surface area (Å²) in [4.78, 5) is 12.4. The standard InChI is InChI=1S/C25H32N2O4S/c1-6-17-27(18-7-2)32(29,30)23-15-11-21(12-16-23)26-24(28)19-31-22-13-9-20(10-14-22)25(4,5)8-3/h6-7,9-16H,1-2,8,17-19H2,3-5H3,(H,26,28). The molecule has 6 nitrogen and oxygen atoms in total. The highest BCUT2D eigenvalue weighted by molar-refractivity contribution is 7.89. The van der Waals surface area contributed by atoms with Crippen molar-refractivity contribution in [3.63, 3.8) is 0 Å². The molecule has 2 aromatic rings. The Bertz CT molecular complexity index is 1020.